The maximum Gasteiger partial charge on any atom is 0.309 e. The average molecular weight is 892 g/mol. The third-order valence-corrected chi connectivity index (χ3v) is 14.3. The van der Waals surface area contributed by atoms with Crippen molar-refractivity contribution in [2.75, 3.05) is 13.2 Å². The fourth-order valence-corrected chi connectivity index (χ4v) is 10.0. The van der Waals surface area contributed by atoms with Crippen LogP contribution in [0.15, 0.2) is 0 Å². The zero-order chi connectivity index (χ0) is 47.3. The molecule has 0 aliphatic rings. The molecule has 6 heteroatoms. The summed E-state index contributed by atoms with van der Waals surface area (Å²) >= 11 is 0. The molecule has 0 aromatic carbocycles. The minimum Gasteiger partial charge on any atom is -0.461 e. The molecule has 374 valence electrons. The van der Waals surface area contributed by atoms with E-state index in [1.54, 1.807) is 0 Å². The fourth-order valence-electron chi connectivity index (χ4n) is 10.0. The molecule has 0 aromatic heterocycles. The zero-order valence-corrected chi connectivity index (χ0v) is 44.4. The summed E-state index contributed by atoms with van der Waals surface area (Å²) in [6.07, 6.45) is 31.2. The first-order valence-electron chi connectivity index (χ1n) is 27.8. The number of rotatable bonds is 44. The molecular weight excluding hydrogens is 781 g/mol. The fraction of sp³-hybridized carbons (Fsp3) is 0.947. The SMILES string of the molecule is CCCC(C)CCCCC(CCC(C)CCC)C(=O)OCC(COC(=O)C(CCCCC(C)CCC)CCC(C)CCC)OC(=O)C(CCCCC(C)CCC)CCC(C)CCC. The van der Waals surface area contributed by atoms with Crippen LogP contribution in [0.5, 0.6) is 0 Å². The molecule has 0 aromatic rings. The Morgan fingerprint density at radius 1 is 0.302 bits per heavy atom. The van der Waals surface area contributed by atoms with Crippen molar-refractivity contribution in [3.05, 3.63) is 0 Å². The molecule has 9 atom stereocenters. The van der Waals surface area contributed by atoms with Gasteiger partial charge in [-0.3, -0.25) is 14.4 Å². The summed E-state index contributed by atoms with van der Waals surface area (Å²) in [5.41, 5.74) is 0. The summed E-state index contributed by atoms with van der Waals surface area (Å²) < 4.78 is 18.6. The minimum atomic E-state index is -0.824. The lowest BCUT2D eigenvalue weighted by atomic mass is 9.89. The Hall–Kier alpha value is -1.59. The lowest BCUT2D eigenvalue weighted by Gasteiger charge is -2.25. The van der Waals surface area contributed by atoms with E-state index in [0.29, 0.717) is 35.5 Å². The first-order valence-corrected chi connectivity index (χ1v) is 27.8. The van der Waals surface area contributed by atoms with Crippen molar-refractivity contribution >= 4 is 17.9 Å². The lowest BCUT2D eigenvalue weighted by molar-refractivity contribution is -0.173. The maximum atomic E-state index is 14.2. The van der Waals surface area contributed by atoms with E-state index in [1.165, 1.54) is 57.8 Å². The predicted molar refractivity (Wildman–Crippen MR) is 270 cm³/mol. The van der Waals surface area contributed by atoms with Crippen LogP contribution in [-0.4, -0.2) is 37.2 Å². The topological polar surface area (TPSA) is 78.9 Å². The van der Waals surface area contributed by atoms with Gasteiger partial charge < -0.3 is 14.2 Å². The Kier molecular flexibility index (Phi) is 39.6. The molecule has 6 nitrogen and oxygen atoms in total. The van der Waals surface area contributed by atoms with Crippen LogP contribution in [0, 0.1) is 53.3 Å². The highest BCUT2D eigenvalue weighted by Crippen LogP contribution is 2.28. The second-order valence-electron chi connectivity index (χ2n) is 21.4. The molecule has 0 saturated carbocycles. The third-order valence-electron chi connectivity index (χ3n) is 14.3. The number of ether oxygens (including phenoxy) is 3. The van der Waals surface area contributed by atoms with Crippen LogP contribution in [0.4, 0.5) is 0 Å². The lowest BCUT2D eigenvalue weighted by Crippen LogP contribution is -2.35. The van der Waals surface area contributed by atoms with Crippen molar-refractivity contribution in [2.24, 2.45) is 53.3 Å². The molecule has 63 heavy (non-hydrogen) atoms. The van der Waals surface area contributed by atoms with E-state index in [4.69, 9.17) is 14.2 Å². The van der Waals surface area contributed by atoms with Crippen LogP contribution in [0.25, 0.3) is 0 Å². The number of hydrogen-bond acceptors (Lipinski definition) is 6. The highest BCUT2D eigenvalue weighted by Gasteiger charge is 2.29. The standard InChI is InChI=1S/C57H110O6/c1-13-25-45(7)31-19-22-34-51(40-37-48(10)28-16-4)55(58)61-43-54(63-57(60)53(42-39-50(12)30-18-6)36-24-21-33-47(9)27-15-3)44-62-56(59)52(41-38-49(11)29-17-5)35-23-20-32-46(8)26-14-2/h45-54H,13-44H2,1-12H3. The van der Waals surface area contributed by atoms with Gasteiger partial charge in [-0.15, -0.1) is 0 Å². The van der Waals surface area contributed by atoms with Crippen LogP contribution in [0.3, 0.4) is 0 Å². The van der Waals surface area contributed by atoms with Gasteiger partial charge in [0.25, 0.3) is 0 Å². The van der Waals surface area contributed by atoms with Crippen molar-refractivity contribution in [3.63, 3.8) is 0 Å². The quantitative estimate of drug-likeness (QED) is 0.0344. The van der Waals surface area contributed by atoms with Gasteiger partial charge in [0.05, 0.1) is 17.8 Å². The van der Waals surface area contributed by atoms with Crippen molar-refractivity contribution in [3.8, 4) is 0 Å². The van der Waals surface area contributed by atoms with Gasteiger partial charge >= 0.3 is 17.9 Å². The van der Waals surface area contributed by atoms with Crippen LogP contribution < -0.4 is 0 Å². The Morgan fingerprint density at radius 3 is 0.810 bits per heavy atom. The Labute approximate surface area is 393 Å². The molecule has 0 heterocycles. The molecule has 0 fully saturated rings. The van der Waals surface area contributed by atoms with Gasteiger partial charge in [-0.05, 0) is 93.3 Å². The predicted octanol–water partition coefficient (Wildman–Crippen LogP) is 17.5. The summed E-state index contributed by atoms with van der Waals surface area (Å²) in [6, 6.07) is 0. The molecule has 0 spiro atoms. The van der Waals surface area contributed by atoms with E-state index in [-0.39, 0.29) is 48.9 Å². The number of carbonyl (C=O) groups excluding carboxylic acids is 3. The Bertz CT molecular complexity index is 1020. The molecule has 9 unspecified atom stereocenters. The van der Waals surface area contributed by atoms with E-state index in [0.717, 1.165) is 135 Å². The van der Waals surface area contributed by atoms with Gasteiger partial charge in [0.2, 0.25) is 0 Å². The highest BCUT2D eigenvalue weighted by molar-refractivity contribution is 5.74. The molecule has 0 radical (unpaired) electrons. The first kappa shape index (κ1) is 61.4. The molecule has 0 N–H and O–H groups in total. The van der Waals surface area contributed by atoms with Crippen molar-refractivity contribution in [1.82, 2.24) is 0 Å². The summed E-state index contributed by atoms with van der Waals surface area (Å²) in [5.74, 6) is 2.60. The van der Waals surface area contributed by atoms with Gasteiger partial charge in [-0.1, -0.05) is 218 Å². The molecule has 0 aliphatic carbocycles. The summed E-state index contributed by atoms with van der Waals surface area (Å²) in [7, 11) is 0. The van der Waals surface area contributed by atoms with E-state index < -0.39 is 6.10 Å². The van der Waals surface area contributed by atoms with Crippen molar-refractivity contribution in [2.45, 2.75) is 282 Å². The number of esters is 3. The van der Waals surface area contributed by atoms with Gasteiger partial charge in [0.1, 0.15) is 13.2 Å². The van der Waals surface area contributed by atoms with Crippen molar-refractivity contribution < 1.29 is 28.6 Å². The normalized spacial score (nSPS) is 16.6. The number of hydrogen-bond donors (Lipinski definition) is 0. The maximum absolute atomic E-state index is 14.2. The van der Waals surface area contributed by atoms with Crippen molar-refractivity contribution in [1.29, 1.82) is 0 Å². The minimum absolute atomic E-state index is 0.0760. The van der Waals surface area contributed by atoms with Crippen LogP contribution in [-0.2, 0) is 28.6 Å². The average Bonchev–Trinajstić information content (AvgIpc) is 3.24. The van der Waals surface area contributed by atoms with Crippen LogP contribution in [0.2, 0.25) is 0 Å². The number of unbranched alkanes of at least 4 members (excludes halogenated alkanes) is 3. The third kappa shape index (κ3) is 33.5. The summed E-state index contributed by atoms with van der Waals surface area (Å²) in [5, 5.41) is 0. The summed E-state index contributed by atoms with van der Waals surface area (Å²) in [4.78, 5) is 42.2. The zero-order valence-electron chi connectivity index (χ0n) is 44.4. The van der Waals surface area contributed by atoms with E-state index in [9.17, 15) is 14.4 Å². The molecule has 0 aliphatic heterocycles. The van der Waals surface area contributed by atoms with E-state index in [2.05, 4.69) is 83.1 Å². The first-order chi connectivity index (χ1) is 30.2. The van der Waals surface area contributed by atoms with Gasteiger partial charge in [-0.25, -0.2) is 0 Å². The second-order valence-corrected chi connectivity index (χ2v) is 21.4. The summed E-state index contributed by atoms with van der Waals surface area (Å²) in [6.45, 7) is 27.2. The van der Waals surface area contributed by atoms with Crippen LogP contribution >= 0.6 is 0 Å². The number of carbonyl (C=O) groups is 3. The second kappa shape index (κ2) is 40.7. The van der Waals surface area contributed by atoms with E-state index in [1.807, 2.05) is 0 Å². The van der Waals surface area contributed by atoms with Gasteiger partial charge in [0.15, 0.2) is 6.10 Å². The van der Waals surface area contributed by atoms with Gasteiger partial charge in [-0.2, -0.15) is 0 Å². The van der Waals surface area contributed by atoms with Crippen LogP contribution in [0.1, 0.15) is 276 Å². The molecule has 0 bridgehead atoms. The molecule has 0 saturated heterocycles. The monoisotopic (exact) mass is 891 g/mol. The smallest absolute Gasteiger partial charge is 0.309 e. The van der Waals surface area contributed by atoms with E-state index >= 15 is 0 Å². The molecule has 0 amide bonds. The Morgan fingerprint density at radius 2 is 0.540 bits per heavy atom. The Balaban J connectivity index is 6.30. The highest BCUT2D eigenvalue weighted by atomic mass is 16.6. The van der Waals surface area contributed by atoms with Gasteiger partial charge in [0, 0.05) is 0 Å². The largest absolute Gasteiger partial charge is 0.461 e. The molecular formula is C57H110O6. The molecule has 0 rings (SSSR count).